The molecule has 0 aliphatic heterocycles. The molecule has 1 unspecified atom stereocenters. The van der Waals surface area contributed by atoms with Crippen molar-refractivity contribution in [3.05, 3.63) is 24.2 Å². The standard InChI is InChI=1S/C14H25NO/c1-4-8-15-14(6-5-12(2)3)10-13-7-9-16-11-13/h7,9,11-12,14-15H,4-6,8,10H2,1-3H3. The average molecular weight is 223 g/mol. The van der Waals surface area contributed by atoms with Crippen LogP contribution in [0.25, 0.3) is 0 Å². The summed E-state index contributed by atoms with van der Waals surface area (Å²) in [6.45, 7) is 7.90. The fraction of sp³-hybridized carbons (Fsp3) is 0.714. The maximum absolute atomic E-state index is 5.12. The molecule has 1 heterocycles. The van der Waals surface area contributed by atoms with Gasteiger partial charge in [0.2, 0.25) is 0 Å². The van der Waals surface area contributed by atoms with Gasteiger partial charge < -0.3 is 9.73 Å². The molecule has 2 heteroatoms. The Labute approximate surface area is 99.4 Å². The first-order valence-electron chi connectivity index (χ1n) is 6.46. The molecule has 0 saturated carbocycles. The molecular formula is C14H25NO. The van der Waals surface area contributed by atoms with Crippen LogP contribution in [0.5, 0.6) is 0 Å². The van der Waals surface area contributed by atoms with Crippen LogP contribution in [-0.2, 0) is 6.42 Å². The van der Waals surface area contributed by atoms with E-state index in [1.807, 2.05) is 6.26 Å². The summed E-state index contributed by atoms with van der Waals surface area (Å²) in [5, 5.41) is 3.62. The third-order valence-electron chi connectivity index (χ3n) is 2.84. The molecule has 0 bridgehead atoms. The van der Waals surface area contributed by atoms with Gasteiger partial charge in [-0.05, 0) is 49.8 Å². The first kappa shape index (κ1) is 13.3. The van der Waals surface area contributed by atoms with Gasteiger partial charge in [0, 0.05) is 6.04 Å². The van der Waals surface area contributed by atoms with E-state index in [1.54, 1.807) is 6.26 Å². The average Bonchev–Trinajstić information content (AvgIpc) is 2.74. The summed E-state index contributed by atoms with van der Waals surface area (Å²) in [5.41, 5.74) is 1.30. The maximum Gasteiger partial charge on any atom is 0.0935 e. The van der Waals surface area contributed by atoms with Gasteiger partial charge in [0.05, 0.1) is 12.5 Å². The molecule has 0 aliphatic carbocycles. The highest BCUT2D eigenvalue weighted by Crippen LogP contribution is 2.12. The summed E-state index contributed by atoms with van der Waals surface area (Å²) in [6, 6.07) is 2.66. The fourth-order valence-electron chi connectivity index (χ4n) is 1.85. The van der Waals surface area contributed by atoms with Gasteiger partial charge in [-0.15, -0.1) is 0 Å². The Morgan fingerprint density at radius 1 is 1.31 bits per heavy atom. The predicted octanol–water partition coefficient (Wildman–Crippen LogP) is 3.63. The van der Waals surface area contributed by atoms with Gasteiger partial charge in [-0.25, -0.2) is 0 Å². The van der Waals surface area contributed by atoms with Gasteiger partial charge in [-0.3, -0.25) is 0 Å². The Morgan fingerprint density at radius 2 is 2.12 bits per heavy atom. The van der Waals surface area contributed by atoms with Crippen LogP contribution in [0.15, 0.2) is 23.0 Å². The highest BCUT2D eigenvalue weighted by molar-refractivity contribution is 5.07. The fourth-order valence-corrected chi connectivity index (χ4v) is 1.85. The van der Waals surface area contributed by atoms with Crippen molar-refractivity contribution in [3.63, 3.8) is 0 Å². The Kier molecular flexibility index (Phi) is 6.24. The summed E-state index contributed by atoms with van der Waals surface area (Å²) < 4.78 is 5.12. The molecule has 1 aromatic rings. The second kappa shape index (κ2) is 7.50. The molecule has 1 N–H and O–H groups in total. The topological polar surface area (TPSA) is 25.2 Å². The summed E-state index contributed by atoms with van der Waals surface area (Å²) in [6.07, 6.45) is 8.44. The second-order valence-electron chi connectivity index (χ2n) is 4.96. The van der Waals surface area contributed by atoms with Crippen LogP contribution in [0.2, 0.25) is 0 Å². The van der Waals surface area contributed by atoms with Crippen LogP contribution in [0.1, 0.15) is 45.6 Å². The minimum atomic E-state index is 0.597. The second-order valence-corrected chi connectivity index (χ2v) is 4.96. The number of hydrogen-bond donors (Lipinski definition) is 1. The first-order chi connectivity index (χ1) is 7.72. The lowest BCUT2D eigenvalue weighted by atomic mass is 9.99. The highest BCUT2D eigenvalue weighted by Gasteiger charge is 2.10. The van der Waals surface area contributed by atoms with E-state index in [-0.39, 0.29) is 0 Å². The van der Waals surface area contributed by atoms with Gasteiger partial charge in [0.15, 0.2) is 0 Å². The third-order valence-corrected chi connectivity index (χ3v) is 2.84. The van der Waals surface area contributed by atoms with Crippen LogP contribution in [0.3, 0.4) is 0 Å². The molecule has 0 spiro atoms. The summed E-state index contributed by atoms with van der Waals surface area (Å²) in [4.78, 5) is 0. The number of furan rings is 1. The van der Waals surface area contributed by atoms with Crippen molar-refractivity contribution in [1.29, 1.82) is 0 Å². The van der Waals surface area contributed by atoms with Crippen LogP contribution in [0, 0.1) is 5.92 Å². The lowest BCUT2D eigenvalue weighted by Gasteiger charge is -2.18. The quantitative estimate of drug-likeness (QED) is 0.728. The Morgan fingerprint density at radius 3 is 2.69 bits per heavy atom. The lowest BCUT2D eigenvalue weighted by molar-refractivity contribution is 0.426. The lowest BCUT2D eigenvalue weighted by Crippen LogP contribution is -2.32. The third kappa shape index (κ3) is 5.36. The van der Waals surface area contributed by atoms with E-state index in [4.69, 9.17) is 4.42 Å². The van der Waals surface area contributed by atoms with Crippen molar-refractivity contribution in [2.45, 2.75) is 52.5 Å². The largest absolute Gasteiger partial charge is 0.472 e. The number of hydrogen-bond acceptors (Lipinski definition) is 2. The Hall–Kier alpha value is -0.760. The van der Waals surface area contributed by atoms with Crippen molar-refractivity contribution < 1.29 is 4.42 Å². The van der Waals surface area contributed by atoms with E-state index in [1.165, 1.54) is 24.8 Å². The van der Waals surface area contributed by atoms with Crippen molar-refractivity contribution in [2.24, 2.45) is 5.92 Å². The summed E-state index contributed by atoms with van der Waals surface area (Å²) in [5.74, 6) is 0.787. The molecule has 92 valence electrons. The van der Waals surface area contributed by atoms with Crippen molar-refractivity contribution in [1.82, 2.24) is 5.32 Å². The van der Waals surface area contributed by atoms with Crippen LogP contribution >= 0.6 is 0 Å². The molecule has 0 aromatic carbocycles. The highest BCUT2D eigenvalue weighted by atomic mass is 16.3. The minimum Gasteiger partial charge on any atom is -0.472 e. The molecule has 2 nitrogen and oxygen atoms in total. The number of nitrogens with one attached hydrogen (secondary N) is 1. The monoisotopic (exact) mass is 223 g/mol. The molecule has 0 saturated heterocycles. The Balaban J connectivity index is 2.36. The van der Waals surface area contributed by atoms with Gasteiger partial charge in [-0.1, -0.05) is 20.8 Å². The number of rotatable bonds is 8. The van der Waals surface area contributed by atoms with Crippen LogP contribution < -0.4 is 5.32 Å². The molecule has 0 aliphatic rings. The molecule has 0 amide bonds. The molecular weight excluding hydrogens is 198 g/mol. The molecule has 0 fully saturated rings. The molecule has 1 aromatic heterocycles. The van der Waals surface area contributed by atoms with Crippen molar-refractivity contribution >= 4 is 0 Å². The van der Waals surface area contributed by atoms with Gasteiger partial charge >= 0.3 is 0 Å². The van der Waals surface area contributed by atoms with E-state index in [9.17, 15) is 0 Å². The van der Waals surface area contributed by atoms with E-state index in [2.05, 4.69) is 32.2 Å². The van der Waals surface area contributed by atoms with Crippen molar-refractivity contribution in [2.75, 3.05) is 6.54 Å². The smallest absolute Gasteiger partial charge is 0.0935 e. The first-order valence-corrected chi connectivity index (χ1v) is 6.46. The maximum atomic E-state index is 5.12. The summed E-state index contributed by atoms with van der Waals surface area (Å²) in [7, 11) is 0. The minimum absolute atomic E-state index is 0.597. The predicted molar refractivity (Wildman–Crippen MR) is 68.6 cm³/mol. The SMILES string of the molecule is CCCNC(CCC(C)C)Cc1ccoc1. The van der Waals surface area contributed by atoms with Gasteiger partial charge in [-0.2, -0.15) is 0 Å². The van der Waals surface area contributed by atoms with Gasteiger partial charge in [0.1, 0.15) is 0 Å². The normalized spacial score (nSPS) is 13.2. The summed E-state index contributed by atoms with van der Waals surface area (Å²) >= 11 is 0. The van der Waals surface area contributed by atoms with Crippen molar-refractivity contribution in [3.8, 4) is 0 Å². The van der Waals surface area contributed by atoms with Crippen LogP contribution in [0.4, 0.5) is 0 Å². The van der Waals surface area contributed by atoms with E-state index in [0.717, 1.165) is 18.9 Å². The molecule has 1 rings (SSSR count). The van der Waals surface area contributed by atoms with E-state index in [0.29, 0.717) is 6.04 Å². The van der Waals surface area contributed by atoms with Crippen LogP contribution in [-0.4, -0.2) is 12.6 Å². The molecule has 1 atom stereocenters. The van der Waals surface area contributed by atoms with E-state index >= 15 is 0 Å². The zero-order valence-electron chi connectivity index (χ0n) is 10.8. The van der Waals surface area contributed by atoms with Gasteiger partial charge in [0.25, 0.3) is 0 Å². The molecule has 0 radical (unpaired) electrons. The zero-order valence-corrected chi connectivity index (χ0v) is 10.8. The zero-order chi connectivity index (χ0) is 11.8. The molecule has 16 heavy (non-hydrogen) atoms. The van der Waals surface area contributed by atoms with E-state index < -0.39 is 0 Å². The Bertz CT molecular complexity index is 254.